The van der Waals surface area contributed by atoms with E-state index in [1.807, 2.05) is 0 Å². The third kappa shape index (κ3) is 6.22. The molecular weight excluding hydrogens is 506 g/mol. The lowest BCUT2D eigenvalue weighted by molar-refractivity contribution is 0.105. The van der Waals surface area contributed by atoms with Gasteiger partial charge in [0.05, 0.1) is 6.10 Å². The van der Waals surface area contributed by atoms with E-state index in [1.165, 1.54) is 23.7 Å². The van der Waals surface area contributed by atoms with Crippen molar-refractivity contribution in [3.63, 3.8) is 0 Å². The van der Waals surface area contributed by atoms with Crippen LogP contribution in [-0.2, 0) is 11.2 Å². The lowest BCUT2D eigenvalue weighted by Crippen LogP contribution is -2.53. The second kappa shape index (κ2) is 11.6. The Morgan fingerprint density at radius 3 is 2.52 bits per heavy atom. The summed E-state index contributed by atoms with van der Waals surface area (Å²) in [6, 6.07) is 6.40. The normalized spacial score (nSPS) is 15.8. The average Bonchev–Trinajstić information content (AvgIpc) is 3.22. The highest BCUT2D eigenvalue weighted by Crippen LogP contribution is 2.20. The third-order valence-electron chi connectivity index (χ3n) is 4.81. The van der Waals surface area contributed by atoms with Crippen molar-refractivity contribution in [1.29, 1.82) is 0 Å². The summed E-state index contributed by atoms with van der Waals surface area (Å²) in [5.41, 5.74) is 0.930. The highest BCUT2D eigenvalue weighted by Gasteiger charge is 2.22. The molecule has 0 saturated carbocycles. The van der Waals surface area contributed by atoms with Gasteiger partial charge in [0, 0.05) is 64.8 Å². The number of piperazine rings is 1. The van der Waals surface area contributed by atoms with Gasteiger partial charge in [-0.2, -0.15) is 4.37 Å². The molecule has 2 aromatic rings. The van der Waals surface area contributed by atoms with Crippen LogP contribution in [0.4, 0.5) is 9.52 Å². The number of halogens is 2. The summed E-state index contributed by atoms with van der Waals surface area (Å²) in [6.45, 7) is 6.10. The Hall–Kier alpha value is -1.53. The summed E-state index contributed by atoms with van der Waals surface area (Å²) in [7, 11) is 3.44. The number of nitrogens with zero attached hydrogens (tertiary/aromatic N) is 5. The van der Waals surface area contributed by atoms with Crippen LogP contribution in [0.25, 0.3) is 0 Å². The van der Waals surface area contributed by atoms with Gasteiger partial charge in [0.25, 0.3) is 0 Å². The zero-order valence-electron chi connectivity index (χ0n) is 17.0. The summed E-state index contributed by atoms with van der Waals surface area (Å²) >= 11 is 1.47. The number of aliphatic imine (C=N–C) groups is 1. The number of anilines is 1. The van der Waals surface area contributed by atoms with E-state index in [1.54, 1.807) is 26.3 Å². The molecule has 0 aliphatic carbocycles. The van der Waals surface area contributed by atoms with Crippen molar-refractivity contribution in [2.45, 2.75) is 19.4 Å². The van der Waals surface area contributed by atoms with Crippen LogP contribution in [0, 0.1) is 5.82 Å². The van der Waals surface area contributed by atoms with Crippen molar-refractivity contribution in [3.8, 4) is 0 Å². The zero-order valence-corrected chi connectivity index (χ0v) is 20.1. The number of hydrogen-bond donors (Lipinski definition) is 1. The predicted molar refractivity (Wildman–Crippen MR) is 126 cm³/mol. The molecule has 1 N–H and O–H groups in total. The standard InChI is InChI=1S/C19H27FN6OS.HI/c1-4-17-23-19(28-24-17)26-11-9-25(10-12-26)18(21-2)22-13-16(27-3)14-5-7-15(20)8-6-14;/h5-8,16H,4,9-13H2,1-3H3,(H,21,22);1H. The van der Waals surface area contributed by atoms with Crippen molar-refractivity contribution in [1.82, 2.24) is 19.6 Å². The first kappa shape index (κ1) is 23.7. The summed E-state index contributed by atoms with van der Waals surface area (Å²) in [4.78, 5) is 13.5. The summed E-state index contributed by atoms with van der Waals surface area (Å²) in [5, 5.41) is 4.38. The van der Waals surface area contributed by atoms with E-state index in [4.69, 9.17) is 4.74 Å². The lowest BCUT2D eigenvalue weighted by atomic mass is 10.1. The molecule has 0 amide bonds. The highest BCUT2D eigenvalue weighted by molar-refractivity contribution is 14.0. The average molecular weight is 534 g/mol. The highest BCUT2D eigenvalue weighted by atomic mass is 127. The van der Waals surface area contributed by atoms with Gasteiger partial charge in [0.1, 0.15) is 11.6 Å². The summed E-state index contributed by atoms with van der Waals surface area (Å²) < 4.78 is 23.1. The molecule has 1 aromatic heterocycles. The Kier molecular flexibility index (Phi) is 9.50. The molecule has 160 valence electrons. The first-order valence-corrected chi connectivity index (χ1v) is 10.2. The van der Waals surface area contributed by atoms with E-state index in [2.05, 4.69) is 36.4 Å². The van der Waals surface area contributed by atoms with Gasteiger partial charge in [0.15, 0.2) is 5.96 Å². The van der Waals surface area contributed by atoms with Gasteiger partial charge in [-0.25, -0.2) is 9.37 Å². The van der Waals surface area contributed by atoms with Crippen molar-refractivity contribution >= 4 is 46.6 Å². The minimum absolute atomic E-state index is 0. The monoisotopic (exact) mass is 534 g/mol. The molecular formula is C19H28FIN6OS. The molecule has 7 nitrogen and oxygen atoms in total. The Morgan fingerprint density at radius 1 is 1.28 bits per heavy atom. The topological polar surface area (TPSA) is 65.9 Å². The van der Waals surface area contributed by atoms with E-state index < -0.39 is 0 Å². The molecule has 0 bridgehead atoms. The quantitative estimate of drug-likeness (QED) is 0.350. The zero-order chi connectivity index (χ0) is 19.9. The fourth-order valence-electron chi connectivity index (χ4n) is 3.16. The first-order chi connectivity index (χ1) is 13.6. The van der Waals surface area contributed by atoms with Gasteiger partial charge in [-0.05, 0) is 17.7 Å². The molecule has 29 heavy (non-hydrogen) atoms. The molecule has 10 heteroatoms. The van der Waals surface area contributed by atoms with E-state index in [0.29, 0.717) is 6.54 Å². The SMILES string of the molecule is CCc1nsc(N2CCN(C(=NC)NCC(OC)c3ccc(F)cc3)CC2)n1.I. The van der Waals surface area contributed by atoms with Gasteiger partial charge in [0.2, 0.25) is 5.13 Å². The smallest absolute Gasteiger partial charge is 0.205 e. The molecule has 1 aromatic carbocycles. The van der Waals surface area contributed by atoms with Gasteiger partial charge < -0.3 is 19.9 Å². The summed E-state index contributed by atoms with van der Waals surface area (Å²) in [6.07, 6.45) is 0.689. The van der Waals surface area contributed by atoms with Crippen molar-refractivity contribution in [2.24, 2.45) is 4.99 Å². The van der Waals surface area contributed by atoms with E-state index >= 15 is 0 Å². The Morgan fingerprint density at radius 2 is 1.97 bits per heavy atom. The number of aromatic nitrogens is 2. The van der Waals surface area contributed by atoms with E-state index in [-0.39, 0.29) is 35.9 Å². The predicted octanol–water partition coefficient (Wildman–Crippen LogP) is 2.94. The molecule has 1 atom stereocenters. The number of benzene rings is 1. The minimum Gasteiger partial charge on any atom is -0.375 e. The molecule has 1 fully saturated rings. The van der Waals surface area contributed by atoms with Crippen LogP contribution >= 0.6 is 35.5 Å². The molecule has 3 rings (SSSR count). The molecule has 0 spiro atoms. The molecule has 1 unspecified atom stereocenters. The number of nitrogens with one attached hydrogen (secondary N) is 1. The second-order valence-electron chi connectivity index (χ2n) is 6.52. The second-order valence-corrected chi connectivity index (χ2v) is 7.26. The number of rotatable bonds is 6. The van der Waals surface area contributed by atoms with Crippen molar-refractivity contribution in [3.05, 3.63) is 41.5 Å². The van der Waals surface area contributed by atoms with Crippen LogP contribution in [0.1, 0.15) is 24.4 Å². The van der Waals surface area contributed by atoms with E-state index in [9.17, 15) is 4.39 Å². The van der Waals surface area contributed by atoms with Crippen LogP contribution in [0.2, 0.25) is 0 Å². The fourth-order valence-corrected chi connectivity index (χ4v) is 3.96. The third-order valence-corrected chi connectivity index (χ3v) is 5.62. The Balaban J connectivity index is 0.00000300. The number of ether oxygens (including phenoxy) is 1. The van der Waals surface area contributed by atoms with Crippen LogP contribution in [0.5, 0.6) is 0 Å². The van der Waals surface area contributed by atoms with Crippen LogP contribution in [0.3, 0.4) is 0 Å². The number of methoxy groups -OCH3 is 1. The van der Waals surface area contributed by atoms with Crippen LogP contribution in [0.15, 0.2) is 29.3 Å². The van der Waals surface area contributed by atoms with Gasteiger partial charge in [-0.15, -0.1) is 24.0 Å². The molecule has 1 saturated heterocycles. The molecule has 2 heterocycles. The largest absolute Gasteiger partial charge is 0.375 e. The van der Waals surface area contributed by atoms with Gasteiger partial charge in [-0.3, -0.25) is 4.99 Å². The maximum atomic E-state index is 13.1. The maximum Gasteiger partial charge on any atom is 0.205 e. The summed E-state index contributed by atoms with van der Waals surface area (Å²) in [5.74, 6) is 1.50. The number of hydrogen-bond acceptors (Lipinski definition) is 6. The number of aryl methyl sites for hydroxylation is 1. The molecule has 1 aliphatic rings. The number of guanidine groups is 1. The van der Waals surface area contributed by atoms with Gasteiger partial charge in [-0.1, -0.05) is 19.1 Å². The van der Waals surface area contributed by atoms with Crippen molar-refractivity contribution in [2.75, 3.05) is 51.8 Å². The van der Waals surface area contributed by atoms with Crippen LogP contribution in [-0.4, -0.2) is 67.1 Å². The van der Waals surface area contributed by atoms with Crippen LogP contribution < -0.4 is 10.2 Å². The maximum absolute atomic E-state index is 13.1. The van der Waals surface area contributed by atoms with Crippen molar-refractivity contribution < 1.29 is 9.13 Å². The van der Waals surface area contributed by atoms with E-state index in [0.717, 1.165) is 55.1 Å². The first-order valence-electron chi connectivity index (χ1n) is 9.46. The lowest BCUT2D eigenvalue weighted by Gasteiger charge is -2.36. The van der Waals surface area contributed by atoms with Gasteiger partial charge >= 0.3 is 0 Å². The molecule has 1 aliphatic heterocycles. The minimum atomic E-state index is -0.248. The Labute approximate surface area is 192 Å². The molecule has 0 radical (unpaired) electrons. The Bertz CT molecular complexity index is 779. The fraction of sp³-hybridized carbons (Fsp3) is 0.526.